The second-order valence-electron chi connectivity index (χ2n) is 5.81. The van der Waals surface area contributed by atoms with Crippen LogP contribution in [0.3, 0.4) is 0 Å². The van der Waals surface area contributed by atoms with Crippen molar-refractivity contribution in [2.45, 2.75) is 33.2 Å². The van der Waals surface area contributed by atoms with E-state index in [1.807, 2.05) is 38.1 Å². The highest BCUT2D eigenvalue weighted by Gasteiger charge is 2.32. The van der Waals surface area contributed by atoms with Crippen LogP contribution in [-0.4, -0.2) is 17.4 Å². The highest BCUT2D eigenvalue weighted by atomic mass is 16.2. The molecule has 0 bridgehead atoms. The van der Waals surface area contributed by atoms with Gasteiger partial charge in [0.2, 0.25) is 5.91 Å². The van der Waals surface area contributed by atoms with E-state index in [0.717, 1.165) is 29.5 Å². The van der Waals surface area contributed by atoms with Crippen molar-refractivity contribution < 1.29 is 4.79 Å². The molecule has 1 heterocycles. The first kappa shape index (κ1) is 17.2. The van der Waals surface area contributed by atoms with Crippen LogP contribution in [0.15, 0.2) is 48.8 Å². The lowest BCUT2D eigenvalue weighted by molar-refractivity contribution is -0.131. The zero-order chi connectivity index (χ0) is 16.7. The monoisotopic (exact) mass is 311 g/mol. The molecule has 0 atom stereocenters. The lowest BCUT2D eigenvalue weighted by Crippen LogP contribution is -2.45. The number of carbonyl (C=O) groups excluding carboxylic acids is 1. The van der Waals surface area contributed by atoms with Gasteiger partial charge in [-0.2, -0.15) is 0 Å². The van der Waals surface area contributed by atoms with E-state index in [1.165, 1.54) is 0 Å². The maximum Gasteiger partial charge on any atom is 0.227 e. The molecule has 0 aliphatic heterocycles. The molecule has 0 spiro atoms. The van der Waals surface area contributed by atoms with Crippen molar-refractivity contribution in [1.82, 2.24) is 10.3 Å². The van der Waals surface area contributed by atoms with Gasteiger partial charge in [0.05, 0.1) is 5.41 Å². The van der Waals surface area contributed by atoms with Gasteiger partial charge in [0.1, 0.15) is 0 Å². The van der Waals surface area contributed by atoms with Crippen molar-refractivity contribution in [1.29, 1.82) is 0 Å². The molecule has 0 aliphatic rings. The van der Waals surface area contributed by atoms with Gasteiger partial charge in [-0.3, -0.25) is 9.78 Å². The third-order valence-corrected chi connectivity index (χ3v) is 4.65. The Hall–Kier alpha value is -2.20. The number of pyridine rings is 1. The summed E-state index contributed by atoms with van der Waals surface area (Å²) in [7, 11) is 0. The van der Waals surface area contributed by atoms with Crippen LogP contribution in [0.4, 0.5) is 0 Å². The molecule has 2 aromatic rings. The van der Waals surface area contributed by atoms with E-state index >= 15 is 0 Å². The molecular weight excluding hydrogens is 286 g/mol. The number of nitrogens with two attached hydrogens (primary N) is 1. The molecular formula is C19H25N3O. The first-order chi connectivity index (χ1) is 11.1. The number of benzene rings is 1. The Morgan fingerprint density at radius 1 is 1.04 bits per heavy atom. The number of hydrogen-bond donors (Lipinski definition) is 2. The van der Waals surface area contributed by atoms with E-state index < -0.39 is 5.41 Å². The Morgan fingerprint density at radius 3 is 2.13 bits per heavy atom. The van der Waals surface area contributed by atoms with E-state index in [4.69, 9.17) is 5.73 Å². The molecule has 2 rings (SSSR count). The standard InChI is InChI=1S/C19H25N3O/c1-3-19(4-2,14-20)18(23)22-13-15-5-7-16(8-6-15)17-9-11-21-12-10-17/h5-12H,3-4,13-14,20H2,1-2H3,(H,22,23). The minimum absolute atomic E-state index is 0.0446. The first-order valence-electron chi connectivity index (χ1n) is 8.13. The van der Waals surface area contributed by atoms with Gasteiger partial charge in [-0.1, -0.05) is 38.1 Å². The summed E-state index contributed by atoms with van der Waals surface area (Å²) in [5, 5.41) is 3.02. The molecule has 0 fully saturated rings. The van der Waals surface area contributed by atoms with Gasteiger partial charge >= 0.3 is 0 Å². The van der Waals surface area contributed by atoms with Crippen LogP contribution in [-0.2, 0) is 11.3 Å². The molecule has 4 nitrogen and oxygen atoms in total. The van der Waals surface area contributed by atoms with Gasteiger partial charge in [-0.25, -0.2) is 0 Å². The topological polar surface area (TPSA) is 68.0 Å². The van der Waals surface area contributed by atoms with Crippen molar-refractivity contribution >= 4 is 5.91 Å². The van der Waals surface area contributed by atoms with Crippen LogP contribution in [0.1, 0.15) is 32.3 Å². The van der Waals surface area contributed by atoms with E-state index in [-0.39, 0.29) is 5.91 Å². The van der Waals surface area contributed by atoms with E-state index in [2.05, 4.69) is 22.4 Å². The summed E-state index contributed by atoms with van der Waals surface area (Å²) in [6, 6.07) is 12.2. The van der Waals surface area contributed by atoms with Crippen molar-refractivity contribution in [2.75, 3.05) is 6.54 Å². The normalized spacial score (nSPS) is 11.3. The van der Waals surface area contributed by atoms with Crippen LogP contribution in [0, 0.1) is 5.41 Å². The van der Waals surface area contributed by atoms with Gasteiger partial charge in [-0.15, -0.1) is 0 Å². The number of nitrogens with one attached hydrogen (secondary N) is 1. The zero-order valence-corrected chi connectivity index (χ0v) is 13.9. The van der Waals surface area contributed by atoms with Crippen molar-refractivity contribution in [3.05, 3.63) is 54.4 Å². The Labute approximate surface area is 138 Å². The summed E-state index contributed by atoms with van der Waals surface area (Å²) >= 11 is 0. The summed E-state index contributed by atoms with van der Waals surface area (Å²) in [5.74, 6) is 0.0446. The Balaban J connectivity index is 2.00. The van der Waals surface area contributed by atoms with Gasteiger partial charge < -0.3 is 11.1 Å². The number of nitrogens with zero attached hydrogens (tertiary/aromatic N) is 1. The minimum Gasteiger partial charge on any atom is -0.352 e. The summed E-state index contributed by atoms with van der Waals surface area (Å²) in [6.45, 7) is 4.93. The quantitative estimate of drug-likeness (QED) is 0.825. The van der Waals surface area contributed by atoms with Gasteiger partial charge in [0.15, 0.2) is 0 Å². The first-order valence-corrected chi connectivity index (χ1v) is 8.13. The van der Waals surface area contributed by atoms with Crippen molar-refractivity contribution in [3.8, 4) is 11.1 Å². The molecule has 0 aliphatic carbocycles. The number of hydrogen-bond acceptors (Lipinski definition) is 3. The van der Waals surface area contributed by atoms with Gasteiger partial charge in [0.25, 0.3) is 0 Å². The molecule has 23 heavy (non-hydrogen) atoms. The molecule has 0 saturated carbocycles. The SMILES string of the molecule is CCC(CC)(CN)C(=O)NCc1ccc(-c2ccncc2)cc1. The summed E-state index contributed by atoms with van der Waals surface area (Å²) in [4.78, 5) is 16.4. The molecule has 3 N–H and O–H groups in total. The Kier molecular flexibility index (Phi) is 5.88. The van der Waals surface area contributed by atoms with E-state index in [1.54, 1.807) is 12.4 Å². The fourth-order valence-electron chi connectivity index (χ4n) is 2.68. The molecule has 0 saturated heterocycles. The zero-order valence-electron chi connectivity index (χ0n) is 13.9. The fourth-order valence-corrected chi connectivity index (χ4v) is 2.68. The second kappa shape index (κ2) is 7.88. The van der Waals surface area contributed by atoms with E-state index in [0.29, 0.717) is 13.1 Å². The lowest BCUT2D eigenvalue weighted by Gasteiger charge is -2.28. The van der Waals surface area contributed by atoms with E-state index in [9.17, 15) is 4.79 Å². The molecule has 0 unspecified atom stereocenters. The number of amides is 1. The summed E-state index contributed by atoms with van der Waals surface area (Å²) < 4.78 is 0. The van der Waals surface area contributed by atoms with Crippen LogP contribution in [0.5, 0.6) is 0 Å². The Morgan fingerprint density at radius 2 is 1.61 bits per heavy atom. The maximum atomic E-state index is 12.4. The number of aromatic nitrogens is 1. The highest BCUT2D eigenvalue weighted by Crippen LogP contribution is 2.25. The molecule has 0 radical (unpaired) electrons. The molecule has 1 aromatic carbocycles. The number of carbonyl (C=O) groups is 1. The summed E-state index contributed by atoms with van der Waals surface area (Å²) in [6.07, 6.45) is 5.08. The predicted molar refractivity (Wildman–Crippen MR) is 93.6 cm³/mol. The van der Waals surface area contributed by atoms with Crippen molar-refractivity contribution in [2.24, 2.45) is 11.1 Å². The average molecular weight is 311 g/mol. The predicted octanol–water partition coefficient (Wildman–Crippen LogP) is 3.13. The minimum atomic E-state index is -0.447. The summed E-state index contributed by atoms with van der Waals surface area (Å²) in [5.41, 5.74) is 8.72. The molecule has 1 aromatic heterocycles. The van der Waals surface area contributed by atoms with Gasteiger partial charge in [-0.05, 0) is 41.7 Å². The molecule has 4 heteroatoms. The van der Waals surface area contributed by atoms with Crippen LogP contribution in [0.2, 0.25) is 0 Å². The number of rotatable bonds is 7. The largest absolute Gasteiger partial charge is 0.352 e. The Bertz CT molecular complexity index is 611. The fraction of sp³-hybridized carbons (Fsp3) is 0.368. The highest BCUT2D eigenvalue weighted by molar-refractivity contribution is 5.82. The van der Waals surface area contributed by atoms with Crippen LogP contribution >= 0.6 is 0 Å². The molecule has 122 valence electrons. The van der Waals surface area contributed by atoms with Crippen molar-refractivity contribution in [3.63, 3.8) is 0 Å². The lowest BCUT2D eigenvalue weighted by atomic mass is 9.81. The maximum absolute atomic E-state index is 12.4. The third kappa shape index (κ3) is 3.96. The van der Waals surface area contributed by atoms with Crippen LogP contribution in [0.25, 0.3) is 11.1 Å². The van der Waals surface area contributed by atoms with Crippen LogP contribution < -0.4 is 11.1 Å². The second-order valence-corrected chi connectivity index (χ2v) is 5.81. The average Bonchev–Trinajstić information content (AvgIpc) is 2.63. The van der Waals surface area contributed by atoms with Gasteiger partial charge in [0, 0.05) is 25.5 Å². The smallest absolute Gasteiger partial charge is 0.227 e. The third-order valence-electron chi connectivity index (χ3n) is 4.65. The molecule has 1 amide bonds.